The summed E-state index contributed by atoms with van der Waals surface area (Å²) in [6, 6.07) is 6.78. The quantitative estimate of drug-likeness (QED) is 0.743. The highest BCUT2D eigenvalue weighted by atomic mass is 16.3. The fourth-order valence-corrected chi connectivity index (χ4v) is 1.86. The predicted molar refractivity (Wildman–Crippen MR) is 69.3 cm³/mol. The summed E-state index contributed by atoms with van der Waals surface area (Å²) >= 11 is 0. The molecule has 2 rings (SSSR count). The molecule has 1 atom stereocenters. The molecule has 96 valence electrons. The third kappa shape index (κ3) is 2.43. The lowest BCUT2D eigenvalue weighted by molar-refractivity contribution is 0.475. The molecule has 2 aromatic rings. The molecule has 0 amide bonds. The third-order valence-corrected chi connectivity index (χ3v) is 2.86. The van der Waals surface area contributed by atoms with Gasteiger partial charge in [-0.1, -0.05) is 12.1 Å². The Labute approximate surface area is 105 Å². The first-order valence-electron chi connectivity index (χ1n) is 5.72. The van der Waals surface area contributed by atoms with Crippen LogP contribution < -0.4 is 11.1 Å². The second-order valence-corrected chi connectivity index (χ2v) is 4.17. The molecule has 0 aliphatic heterocycles. The van der Waals surface area contributed by atoms with Crippen molar-refractivity contribution < 1.29 is 5.11 Å². The Morgan fingerprint density at radius 3 is 2.56 bits per heavy atom. The average Bonchev–Trinajstić information content (AvgIpc) is 2.73. The van der Waals surface area contributed by atoms with Gasteiger partial charge in [0.05, 0.1) is 6.04 Å². The number of aromatic hydroxyl groups is 1. The van der Waals surface area contributed by atoms with Crippen LogP contribution in [0.2, 0.25) is 0 Å². The molecule has 4 N–H and O–H groups in total. The van der Waals surface area contributed by atoms with E-state index < -0.39 is 0 Å². The summed E-state index contributed by atoms with van der Waals surface area (Å²) in [4.78, 5) is 0. The monoisotopic (exact) mass is 247 g/mol. The molecule has 0 aliphatic carbocycles. The average molecular weight is 247 g/mol. The van der Waals surface area contributed by atoms with Crippen LogP contribution in [-0.4, -0.2) is 26.9 Å². The first kappa shape index (κ1) is 12.4. The van der Waals surface area contributed by atoms with Gasteiger partial charge in [-0.25, -0.2) is 0 Å². The van der Waals surface area contributed by atoms with Gasteiger partial charge in [-0.3, -0.25) is 4.57 Å². The van der Waals surface area contributed by atoms with Crippen molar-refractivity contribution in [2.75, 3.05) is 12.4 Å². The third-order valence-electron chi connectivity index (χ3n) is 2.86. The van der Waals surface area contributed by atoms with E-state index >= 15 is 0 Å². The summed E-state index contributed by atoms with van der Waals surface area (Å²) in [5.41, 5.74) is 7.17. The molecule has 0 saturated heterocycles. The van der Waals surface area contributed by atoms with Crippen LogP contribution in [-0.2, 0) is 13.5 Å². The maximum Gasteiger partial charge on any atom is 0.224 e. The standard InChI is InChI=1S/C12H17N5O/c1-14-12-16-15-11(17(12)2)10(13)7-8-3-5-9(18)6-4-8/h3-6,10,18H,7,13H2,1-2H3,(H,14,16)/t10-/m0/s1. The van der Waals surface area contributed by atoms with E-state index in [1.807, 2.05) is 23.7 Å². The number of hydrogen-bond donors (Lipinski definition) is 3. The summed E-state index contributed by atoms with van der Waals surface area (Å²) in [6.45, 7) is 0. The zero-order chi connectivity index (χ0) is 13.1. The Hall–Kier alpha value is -2.08. The molecule has 0 unspecified atom stereocenters. The summed E-state index contributed by atoms with van der Waals surface area (Å²) < 4.78 is 1.84. The lowest BCUT2D eigenvalue weighted by Crippen LogP contribution is -2.18. The van der Waals surface area contributed by atoms with Crippen LogP contribution in [0.5, 0.6) is 5.75 Å². The van der Waals surface area contributed by atoms with Crippen molar-refractivity contribution in [1.29, 1.82) is 0 Å². The van der Waals surface area contributed by atoms with Crippen molar-refractivity contribution in [2.45, 2.75) is 12.5 Å². The van der Waals surface area contributed by atoms with Crippen LogP contribution in [0.25, 0.3) is 0 Å². The van der Waals surface area contributed by atoms with Crippen molar-refractivity contribution in [1.82, 2.24) is 14.8 Å². The van der Waals surface area contributed by atoms with Gasteiger partial charge in [0.2, 0.25) is 5.95 Å². The van der Waals surface area contributed by atoms with Gasteiger partial charge in [-0.2, -0.15) is 0 Å². The minimum Gasteiger partial charge on any atom is -0.508 e. The number of phenolic OH excluding ortho intramolecular Hbond substituents is 1. The Balaban J connectivity index is 2.14. The molecular formula is C12H17N5O. The second kappa shape index (κ2) is 5.05. The summed E-state index contributed by atoms with van der Waals surface area (Å²) in [5.74, 6) is 1.67. The topological polar surface area (TPSA) is 89.0 Å². The van der Waals surface area contributed by atoms with E-state index in [2.05, 4.69) is 15.5 Å². The number of nitrogens with zero attached hydrogens (tertiary/aromatic N) is 3. The van der Waals surface area contributed by atoms with E-state index in [9.17, 15) is 5.11 Å². The summed E-state index contributed by atoms with van der Waals surface area (Å²) in [5, 5.41) is 20.2. The van der Waals surface area contributed by atoms with Gasteiger partial charge in [-0.15, -0.1) is 10.2 Å². The van der Waals surface area contributed by atoms with Crippen molar-refractivity contribution >= 4 is 5.95 Å². The first-order valence-corrected chi connectivity index (χ1v) is 5.72. The van der Waals surface area contributed by atoms with Gasteiger partial charge in [0.15, 0.2) is 5.82 Å². The van der Waals surface area contributed by atoms with E-state index in [0.29, 0.717) is 12.4 Å². The van der Waals surface area contributed by atoms with E-state index in [1.54, 1.807) is 19.2 Å². The van der Waals surface area contributed by atoms with Gasteiger partial charge in [0, 0.05) is 14.1 Å². The van der Waals surface area contributed by atoms with E-state index in [1.165, 1.54) is 0 Å². The minimum atomic E-state index is -0.228. The molecule has 6 nitrogen and oxygen atoms in total. The molecule has 18 heavy (non-hydrogen) atoms. The smallest absolute Gasteiger partial charge is 0.224 e. The van der Waals surface area contributed by atoms with Gasteiger partial charge >= 0.3 is 0 Å². The molecule has 0 aliphatic rings. The molecule has 0 fully saturated rings. The Morgan fingerprint density at radius 1 is 1.33 bits per heavy atom. The SMILES string of the molecule is CNc1nnc([C@@H](N)Cc2ccc(O)cc2)n1C. The second-order valence-electron chi connectivity index (χ2n) is 4.17. The predicted octanol–water partition coefficient (Wildman–Crippen LogP) is 0.805. The number of aromatic nitrogens is 3. The van der Waals surface area contributed by atoms with Crippen molar-refractivity contribution in [3.8, 4) is 5.75 Å². The first-order chi connectivity index (χ1) is 8.61. The summed E-state index contributed by atoms with van der Waals surface area (Å²) in [6.07, 6.45) is 0.649. The van der Waals surface area contributed by atoms with Crippen molar-refractivity contribution in [3.63, 3.8) is 0 Å². The zero-order valence-electron chi connectivity index (χ0n) is 10.5. The van der Waals surface area contributed by atoms with Gasteiger partial charge in [0.25, 0.3) is 0 Å². The molecule has 1 heterocycles. The van der Waals surface area contributed by atoms with Crippen LogP contribution in [0, 0.1) is 0 Å². The Bertz CT molecular complexity index is 520. The minimum absolute atomic E-state index is 0.228. The van der Waals surface area contributed by atoms with Crippen LogP contribution in [0.3, 0.4) is 0 Å². The summed E-state index contributed by atoms with van der Waals surface area (Å²) in [7, 11) is 3.66. The van der Waals surface area contributed by atoms with Crippen molar-refractivity contribution in [3.05, 3.63) is 35.7 Å². The van der Waals surface area contributed by atoms with Crippen LogP contribution in [0.1, 0.15) is 17.4 Å². The van der Waals surface area contributed by atoms with Gasteiger partial charge in [0.1, 0.15) is 5.75 Å². The molecular weight excluding hydrogens is 230 g/mol. The lowest BCUT2D eigenvalue weighted by Gasteiger charge is -2.11. The van der Waals surface area contributed by atoms with E-state index in [0.717, 1.165) is 11.4 Å². The number of anilines is 1. The number of benzene rings is 1. The number of phenols is 1. The molecule has 1 aromatic carbocycles. The van der Waals surface area contributed by atoms with E-state index in [-0.39, 0.29) is 11.8 Å². The normalized spacial score (nSPS) is 12.4. The number of nitrogens with two attached hydrogens (primary N) is 1. The molecule has 6 heteroatoms. The molecule has 0 spiro atoms. The highest BCUT2D eigenvalue weighted by Gasteiger charge is 2.15. The molecule has 0 radical (unpaired) electrons. The Kier molecular flexibility index (Phi) is 3.47. The lowest BCUT2D eigenvalue weighted by atomic mass is 10.1. The van der Waals surface area contributed by atoms with Gasteiger partial charge < -0.3 is 16.2 Å². The maximum atomic E-state index is 9.22. The van der Waals surface area contributed by atoms with Crippen LogP contribution in [0.4, 0.5) is 5.95 Å². The zero-order valence-corrected chi connectivity index (χ0v) is 10.5. The number of hydrogen-bond acceptors (Lipinski definition) is 5. The van der Waals surface area contributed by atoms with Crippen LogP contribution in [0.15, 0.2) is 24.3 Å². The van der Waals surface area contributed by atoms with E-state index in [4.69, 9.17) is 5.73 Å². The van der Waals surface area contributed by atoms with Gasteiger partial charge in [-0.05, 0) is 24.1 Å². The largest absolute Gasteiger partial charge is 0.508 e. The Morgan fingerprint density at radius 2 is 2.00 bits per heavy atom. The fourth-order valence-electron chi connectivity index (χ4n) is 1.86. The maximum absolute atomic E-state index is 9.22. The number of nitrogens with one attached hydrogen (secondary N) is 1. The molecule has 0 saturated carbocycles. The molecule has 0 bridgehead atoms. The number of rotatable bonds is 4. The highest BCUT2D eigenvalue weighted by Crippen LogP contribution is 2.18. The highest BCUT2D eigenvalue weighted by molar-refractivity contribution is 5.28. The van der Waals surface area contributed by atoms with Crippen LogP contribution >= 0.6 is 0 Å². The fraction of sp³-hybridized carbons (Fsp3) is 0.333. The molecule has 1 aromatic heterocycles. The van der Waals surface area contributed by atoms with Crippen molar-refractivity contribution in [2.24, 2.45) is 12.8 Å².